The predicted octanol–water partition coefficient (Wildman–Crippen LogP) is 7.90. The zero-order valence-corrected chi connectivity index (χ0v) is 20.4. The lowest BCUT2D eigenvalue weighted by atomic mass is 10.1. The van der Waals surface area contributed by atoms with Crippen LogP contribution in [0.2, 0.25) is 0 Å². The zero-order valence-electron chi connectivity index (χ0n) is 20.4. The van der Waals surface area contributed by atoms with Crippen LogP contribution >= 0.6 is 0 Å². The molecule has 4 nitrogen and oxygen atoms in total. The van der Waals surface area contributed by atoms with Crippen molar-refractivity contribution in [2.75, 3.05) is 10.6 Å². The van der Waals surface area contributed by atoms with Crippen molar-refractivity contribution in [3.63, 3.8) is 0 Å². The van der Waals surface area contributed by atoms with Gasteiger partial charge in [-0.2, -0.15) is 0 Å². The molecule has 2 aromatic rings. The first kappa shape index (κ1) is 26.6. The van der Waals surface area contributed by atoms with Crippen LogP contribution in [-0.4, -0.2) is 11.8 Å². The molecular formula is C29H42N2O2. The summed E-state index contributed by atoms with van der Waals surface area (Å²) in [7, 11) is 0. The zero-order chi connectivity index (χ0) is 23.6. The number of carbonyl (C=O) groups is 2. The molecule has 0 atom stereocenters. The van der Waals surface area contributed by atoms with Crippen molar-refractivity contribution in [3.05, 3.63) is 60.2 Å². The highest BCUT2D eigenvalue weighted by Crippen LogP contribution is 2.17. The Kier molecular flexibility index (Phi) is 13.7. The van der Waals surface area contributed by atoms with Gasteiger partial charge in [-0.1, -0.05) is 108 Å². The summed E-state index contributed by atoms with van der Waals surface area (Å²) in [5.41, 5.74) is 2.58. The molecule has 0 bridgehead atoms. The summed E-state index contributed by atoms with van der Waals surface area (Å²) in [5, 5.41) is 5.88. The van der Waals surface area contributed by atoms with Gasteiger partial charge in [-0.05, 0) is 36.6 Å². The molecule has 4 heteroatoms. The summed E-state index contributed by atoms with van der Waals surface area (Å²) < 4.78 is 0. The van der Waals surface area contributed by atoms with E-state index in [2.05, 4.69) is 17.6 Å². The maximum absolute atomic E-state index is 12.3. The van der Waals surface area contributed by atoms with E-state index in [9.17, 15) is 9.59 Å². The molecule has 0 spiro atoms. The fourth-order valence-electron chi connectivity index (χ4n) is 3.97. The van der Waals surface area contributed by atoms with E-state index in [-0.39, 0.29) is 11.8 Å². The topological polar surface area (TPSA) is 58.2 Å². The summed E-state index contributed by atoms with van der Waals surface area (Å²) in [6.07, 6.45) is 15.7. The Morgan fingerprint density at radius 1 is 0.606 bits per heavy atom. The summed E-state index contributed by atoms with van der Waals surface area (Å²) >= 11 is 0. The van der Waals surface area contributed by atoms with Crippen molar-refractivity contribution >= 4 is 23.2 Å². The number of rotatable bonds is 17. The lowest BCUT2D eigenvalue weighted by molar-refractivity contribution is -0.117. The molecule has 2 amide bonds. The van der Waals surface area contributed by atoms with Crippen LogP contribution in [0.1, 0.15) is 96.0 Å². The summed E-state index contributed by atoms with van der Waals surface area (Å²) in [5.74, 6) is 0.0155. The van der Waals surface area contributed by atoms with Crippen LogP contribution in [0, 0.1) is 0 Å². The van der Waals surface area contributed by atoms with Crippen LogP contribution in [0.4, 0.5) is 11.4 Å². The molecule has 0 heterocycles. The highest BCUT2D eigenvalue weighted by atomic mass is 16.2. The van der Waals surface area contributed by atoms with Gasteiger partial charge in [0.25, 0.3) is 0 Å². The third kappa shape index (κ3) is 12.9. The van der Waals surface area contributed by atoms with E-state index in [1.807, 2.05) is 54.6 Å². The minimum Gasteiger partial charge on any atom is -0.326 e. The summed E-state index contributed by atoms with van der Waals surface area (Å²) in [6.45, 7) is 2.26. The Bertz CT molecular complexity index is 804. The second-order valence-corrected chi connectivity index (χ2v) is 8.95. The number of hydrogen-bond acceptors (Lipinski definition) is 2. The van der Waals surface area contributed by atoms with Gasteiger partial charge < -0.3 is 10.6 Å². The van der Waals surface area contributed by atoms with Gasteiger partial charge in [0.1, 0.15) is 0 Å². The van der Waals surface area contributed by atoms with E-state index in [0.717, 1.165) is 24.1 Å². The SMILES string of the molecule is CCCCCCCCCCCCCC(=O)Nc1cccc(NC(=O)CCc2ccccc2)c1. The van der Waals surface area contributed by atoms with Gasteiger partial charge in [0.15, 0.2) is 0 Å². The molecule has 0 radical (unpaired) electrons. The Balaban J connectivity index is 1.56. The first-order valence-electron chi connectivity index (χ1n) is 12.9. The van der Waals surface area contributed by atoms with Gasteiger partial charge in [0, 0.05) is 24.2 Å². The van der Waals surface area contributed by atoms with Crippen LogP contribution in [0.3, 0.4) is 0 Å². The first-order chi connectivity index (χ1) is 16.2. The first-order valence-corrected chi connectivity index (χ1v) is 12.9. The van der Waals surface area contributed by atoms with Gasteiger partial charge >= 0.3 is 0 Å². The molecule has 0 unspecified atom stereocenters. The van der Waals surface area contributed by atoms with Gasteiger partial charge in [-0.15, -0.1) is 0 Å². The van der Waals surface area contributed by atoms with E-state index in [1.54, 1.807) is 0 Å². The highest BCUT2D eigenvalue weighted by Gasteiger charge is 2.06. The molecule has 0 saturated carbocycles. The molecule has 0 fully saturated rings. The molecule has 0 aromatic heterocycles. The van der Waals surface area contributed by atoms with Crippen molar-refractivity contribution in [3.8, 4) is 0 Å². The van der Waals surface area contributed by atoms with Crippen LogP contribution in [0.5, 0.6) is 0 Å². The minimum atomic E-state index is -0.0247. The number of aryl methyl sites for hydroxylation is 1. The van der Waals surface area contributed by atoms with Crippen LogP contribution in [0.15, 0.2) is 54.6 Å². The fourth-order valence-corrected chi connectivity index (χ4v) is 3.97. The quantitative estimate of drug-likeness (QED) is 0.241. The summed E-state index contributed by atoms with van der Waals surface area (Å²) in [4.78, 5) is 24.5. The van der Waals surface area contributed by atoms with Crippen molar-refractivity contribution in [2.45, 2.75) is 96.8 Å². The lowest BCUT2D eigenvalue weighted by Gasteiger charge is -2.09. The van der Waals surface area contributed by atoms with Crippen LogP contribution < -0.4 is 10.6 Å². The van der Waals surface area contributed by atoms with Crippen LogP contribution in [0.25, 0.3) is 0 Å². The monoisotopic (exact) mass is 450 g/mol. The normalized spacial score (nSPS) is 10.7. The maximum Gasteiger partial charge on any atom is 0.224 e. The number of unbranched alkanes of at least 4 members (excludes halogenated alkanes) is 10. The fraction of sp³-hybridized carbons (Fsp3) is 0.517. The van der Waals surface area contributed by atoms with Crippen molar-refractivity contribution in [1.29, 1.82) is 0 Å². The van der Waals surface area contributed by atoms with E-state index in [0.29, 0.717) is 24.9 Å². The molecule has 2 N–H and O–H groups in total. The van der Waals surface area contributed by atoms with Gasteiger partial charge in [-0.3, -0.25) is 9.59 Å². The number of anilines is 2. The average Bonchev–Trinajstić information content (AvgIpc) is 2.82. The van der Waals surface area contributed by atoms with E-state index >= 15 is 0 Å². The van der Waals surface area contributed by atoms with Gasteiger partial charge in [0.05, 0.1) is 0 Å². The molecule has 0 aliphatic heterocycles. The van der Waals surface area contributed by atoms with Gasteiger partial charge in [-0.25, -0.2) is 0 Å². The smallest absolute Gasteiger partial charge is 0.224 e. The lowest BCUT2D eigenvalue weighted by Crippen LogP contribution is -2.14. The predicted molar refractivity (Wildman–Crippen MR) is 140 cm³/mol. The molecular weight excluding hydrogens is 408 g/mol. The molecule has 0 aliphatic rings. The molecule has 0 saturated heterocycles. The molecule has 180 valence electrons. The third-order valence-electron chi connectivity index (χ3n) is 5.92. The molecule has 2 aromatic carbocycles. The van der Waals surface area contributed by atoms with Crippen molar-refractivity contribution in [1.82, 2.24) is 0 Å². The van der Waals surface area contributed by atoms with E-state index in [4.69, 9.17) is 0 Å². The Hall–Kier alpha value is -2.62. The largest absolute Gasteiger partial charge is 0.326 e. The number of hydrogen-bond donors (Lipinski definition) is 2. The van der Waals surface area contributed by atoms with E-state index < -0.39 is 0 Å². The highest BCUT2D eigenvalue weighted by molar-refractivity contribution is 5.94. The Morgan fingerprint density at radius 2 is 1.12 bits per heavy atom. The third-order valence-corrected chi connectivity index (χ3v) is 5.92. The van der Waals surface area contributed by atoms with Gasteiger partial charge in [0.2, 0.25) is 11.8 Å². The van der Waals surface area contributed by atoms with Crippen molar-refractivity contribution in [2.24, 2.45) is 0 Å². The standard InChI is InChI=1S/C29H42N2O2/c1-2-3-4-5-6-7-8-9-10-11-15-21-28(32)30-26-19-16-20-27(24-26)31-29(33)23-22-25-17-13-12-14-18-25/h12-14,16-20,24H,2-11,15,21-23H2,1H3,(H,30,32)(H,31,33). The number of benzene rings is 2. The molecule has 2 rings (SSSR count). The second-order valence-electron chi connectivity index (χ2n) is 8.95. The maximum atomic E-state index is 12.3. The molecule has 0 aliphatic carbocycles. The van der Waals surface area contributed by atoms with Crippen LogP contribution in [-0.2, 0) is 16.0 Å². The second kappa shape index (κ2) is 16.9. The number of carbonyl (C=O) groups excluding carboxylic acids is 2. The van der Waals surface area contributed by atoms with E-state index in [1.165, 1.54) is 57.8 Å². The average molecular weight is 451 g/mol. The van der Waals surface area contributed by atoms with Crippen molar-refractivity contribution < 1.29 is 9.59 Å². The molecule has 33 heavy (non-hydrogen) atoms. The minimum absolute atomic E-state index is 0.0247. The number of nitrogens with one attached hydrogen (secondary N) is 2. The number of amides is 2. The Labute approximate surface area is 200 Å². The Morgan fingerprint density at radius 3 is 1.70 bits per heavy atom. The summed E-state index contributed by atoms with van der Waals surface area (Å²) in [6, 6.07) is 17.4.